The molecule has 4 nitrogen and oxygen atoms in total. The molecule has 23 heavy (non-hydrogen) atoms. The number of nitrogens with zero attached hydrogens (tertiary/aromatic N) is 1. The molecule has 0 aromatic heterocycles. The second-order valence-corrected chi connectivity index (χ2v) is 7.49. The van der Waals surface area contributed by atoms with E-state index in [4.69, 9.17) is 4.74 Å². The van der Waals surface area contributed by atoms with Crippen molar-refractivity contribution >= 4 is 10.0 Å². The number of rotatable bonds is 5. The van der Waals surface area contributed by atoms with Gasteiger partial charge in [0.25, 0.3) is 0 Å². The third-order valence-corrected chi connectivity index (χ3v) is 5.48. The number of ether oxygens (including phenoxy) is 1. The Balaban J connectivity index is 2.36. The summed E-state index contributed by atoms with van der Waals surface area (Å²) in [5, 5.41) is 0. The molecule has 0 fully saturated rings. The monoisotopic (exact) mass is 337 g/mol. The van der Waals surface area contributed by atoms with Crippen molar-refractivity contribution in [2.75, 3.05) is 14.2 Å². The molecule has 2 rings (SSSR count). The third kappa shape index (κ3) is 3.54. The summed E-state index contributed by atoms with van der Waals surface area (Å²) in [6, 6.07) is 9.28. The first-order valence-electron chi connectivity index (χ1n) is 7.12. The lowest BCUT2D eigenvalue weighted by Crippen LogP contribution is -2.27. The molecule has 0 heterocycles. The smallest absolute Gasteiger partial charge is 0.243 e. The average molecular weight is 337 g/mol. The summed E-state index contributed by atoms with van der Waals surface area (Å²) in [5.41, 5.74) is 1.82. The Morgan fingerprint density at radius 2 is 1.70 bits per heavy atom. The SMILES string of the molecule is COc1c(C)cc(S(=O)(=O)N(C)Cc2ccccc2F)cc1C. The predicted molar refractivity (Wildman–Crippen MR) is 87.5 cm³/mol. The van der Waals surface area contributed by atoms with Crippen LogP contribution < -0.4 is 4.74 Å². The molecule has 0 aliphatic heterocycles. The summed E-state index contributed by atoms with van der Waals surface area (Å²) >= 11 is 0. The van der Waals surface area contributed by atoms with Gasteiger partial charge in [-0.2, -0.15) is 4.31 Å². The van der Waals surface area contributed by atoms with Crippen LogP contribution in [-0.2, 0) is 16.6 Å². The Kier molecular flexibility index (Phi) is 5.06. The zero-order valence-corrected chi connectivity index (χ0v) is 14.4. The lowest BCUT2D eigenvalue weighted by molar-refractivity contribution is 0.407. The number of benzene rings is 2. The predicted octanol–water partition coefficient (Wildman–Crippen LogP) is 3.27. The molecule has 0 atom stereocenters. The van der Waals surface area contributed by atoms with Gasteiger partial charge in [0.15, 0.2) is 0 Å². The molecule has 0 saturated heterocycles. The standard InChI is InChI=1S/C17H20FNO3S/c1-12-9-15(10-13(2)17(12)22-4)23(20,21)19(3)11-14-7-5-6-8-16(14)18/h5-10H,11H2,1-4H3. The van der Waals surface area contributed by atoms with Crippen molar-refractivity contribution in [1.82, 2.24) is 4.31 Å². The summed E-state index contributed by atoms with van der Waals surface area (Å²) < 4.78 is 45.6. The van der Waals surface area contributed by atoms with Gasteiger partial charge < -0.3 is 4.74 Å². The molecule has 0 N–H and O–H groups in total. The normalized spacial score (nSPS) is 11.7. The number of sulfonamides is 1. The summed E-state index contributed by atoms with van der Waals surface area (Å²) in [7, 11) is -0.722. The molecule has 0 spiro atoms. The highest BCUT2D eigenvalue weighted by molar-refractivity contribution is 7.89. The largest absolute Gasteiger partial charge is 0.496 e. The van der Waals surface area contributed by atoms with Gasteiger partial charge in [-0.3, -0.25) is 0 Å². The maximum absolute atomic E-state index is 13.7. The lowest BCUT2D eigenvalue weighted by atomic mass is 10.1. The highest BCUT2D eigenvalue weighted by Crippen LogP contribution is 2.28. The van der Waals surface area contributed by atoms with Gasteiger partial charge in [0.05, 0.1) is 12.0 Å². The number of halogens is 1. The molecule has 0 amide bonds. The van der Waals surface area contributed by atoms with Crippen molar-refractivity contribution in [3.63, 3.8) is 0 Å². The minimum absolute atomic E-state index is 0.0286. The van der Waals surface area contributed by atoms with E-state index in [9.17, 15) is 12.8 Å². The van der Waals surface area contributed by atoms with Crippen molar-refractivity contribution in [1.29, 1.82) is 0 Å². The van der Waals surface area contributed by atoms with E-state index in [0.29, 0.717) is 11.3 Å². The summed E-state index contributed by atoms with van der Waals surface area (Å²) in [4.78, 5) is 0.173. The van der Waals surface area contributed by atoms with Crippen LogP contribution in [0.5, 0.6) is 5.75 Å². The Morgan fingerprint density at radius 1 is 1.13 bits per heavy atom. The topological polar surface area (TPSA) is 46.6 Å². The highest BCUT2D eigenvalue weighted by Gasteiger charge is 2.23. The Labute approximate surface area is 136 Å². The molecule has 0 saturated carbocycles. The van der Waals surface area contributed by atoms with Gasteiger partial charge in [-0.05, 0) is 43.2 Å². The van der Waals surface area contributed by atoms with Crippen LogP contribution in [0, 0.1) is 19.7 Å². The average Bonchev–Trinajstić information content (AvgIpc) is 2.49. The minimum atomic E-state index is -3.71. The van der Waals surface area contributed by atoms with Crippen LogP contribution in [0.25, 0.3) is 0 Å². The zero-order valence-electron chi connectivity index (χ0n) is 13.6. The van der Waals surface area contributed by atoms with Gasteiger partial charge in [0.2, 0.25) is 10.0 Å². The van der Waals surface area contributed by atoms with Crippen molar-refractivity contribution in [3.8, 4) is 5.75 Å². The van der Waals surface area contributed by atoms with Gasteiger partial charge in [-0.15, -0.1) is 0 Å². The van der Waals surface area contributed by atoms with Crippen molar-refractivity contribution in [2.45, 2.75) is 25.3 Å². The first-order valence-corrected chi connectivity index (χ1v) is 8.56. The Hall–Kier alpha value is -1.92. The molecular weight excluding hydrogens is 317 g/mol. The minimum Gasteiger partial charge on any atom is -0.496 e. The number of hydrogen-bond acceptors (Lipinski definition) is 3. The van der Waals surface area contributed by atoms with Crippen LogP contribution in [-0.4, -0.2) is 26.9 Å². The van der Waals surface area contributed by atoms with Gasteiger partial charge in [-0.25, -0.2) is 12.8 Å². The van der Waals surface area contributed by atoms with Gasteiger partial charge in [-0.1, -0.05) is 18.2 Å². The van der Waals surface area contributed by atoms with E-state index < -0.39 is 15.8 Å². The van der Waals surface area contributed by atoms with Crippen LogP contribution in [0.4, 0.5) is 4.39 Å². The second-order valence-electron chi connectivity index (χ2n) is 5.44. The van der Waals surface area contributed by atoms with Crippen molar-refractivity contribution in [3.05, 3.63) is 58.9 Å². The molecule has 0 aliphatic carbocycles. The maximum Gasteiger partial charge on any atom is 0.243 e. The zero-order chi connectivity index (χ0) is 17.2. The van der Waals surface area contributed by atoms with E-state index in [1.807, 2.05) is 0 Å². The fourth-order valence-electron chi connectivity index (χ4n) is 2.51. The number of hydrogen-bond donors (Lipinski definition) is 0. The molecule has 124 valence electrons. The number of methoxy groups -OCH3 is 1. The van der Waals surface area contributed by atoms with Crippen LogP contribution >= 0.6 is 0 Å². The van der Waals surface area contributed by atoms with E-state index >= 15 is 0 Å². The molecule has 2 aromatic rings. The van der Waals surface area contributed by atoms with Crippen LogP contribution in [0.1, 0.15) is 16.7 Å². The molecule has 0 aliphatic rings. The maximum atomic E-state index is 13.7. The molecule has 2 aromatic carbocycles. The van der Waals surface area contributed by atoms with Gasteiger partial charge >= 0.3 is 0 Å². The van der Waals surface area contributed by atoms with Crippen LogP contribution in [0.3, 0.4) is 0 Å². The van der Waals surface area contributed by atoms with Crippen LogP contribution in [0.15, 0.2) is 41.3 Å². The van der Waals surface area contributed by atoms with E-state index in [2.05, 4.69) is 0 Å². The first-order chi connectivity index (χ1) is 10.8. The number of aryl methyl sites for hydroxylation is 2. The highest BCUT2D eigenvalue weighted by atomic mass is 32.2. The molecule has 6 heteroatoms. The van der Waals surface area contributed by atoms with E-state index in [1.54, 1.807) is 51.3 Å². The molecular formula is C17H20FNO3S. The second kappa shape index (κ2) is 6.68. The third-order valence-electron chi connectivity index (χ3n) is 3.70. The molecule has 0 unspecified atom stereocenters. The Bertz CT molecular complexity index is 795. The fraction of sp³-hybridized carbons (Fsp3) is 0.294. The van der Waals surface area contributed by atoms with Gasteiger partial charge in [0, 0.05) is 19.2 Å². The van der Waals surface area contributed by atoms with Gasteiger partial charge in [0.1, 0.15) is 11.6 Å². The van der Waals surface area contributed by atoms with E-state index in [-0.39, 0.29) is 11.4 Å². The van der Waals surface area contributed by atoms with Crippen molar-refractivity contribution in [2.24, 2.45) is 0 Å². The molecule has 0 radical (unpaired) electrons. The summed E-state index contributed by atoms with van der Waals surface area (Å²) in [5.74, 6) is 0.248. The van der Waals surface area contributed by atoms with Crippen molar-refractivity contribution < 1.29 is 17.5 Å². The lowest BCUT2D eigenvalue weighted by Gasteiger charge is -2.19. The van der Waals surface area contributed by atoms with Crippen LogP contribution in [0.2, 0.25) is 0 Å². The Morgan fingerprint density at radius 3 is 2.22 bits per heavy atom. The van der Waals surface area contributed by atoms with E-state index in [1.165, 1.54) is 13.1 Å². The quantitative estimate of drug-likeness (QED) is 0.841. The summed E-state index contributed by atoms with van der Waals surface area (Å²) in [6.45, 7) is 3.56. The fourth-order valence-corrected chi connectivity index (χ4v) is 3.83. The first kappa shape index (κ1) is 17.4. The van der Waals surface area contributed by atoms with E-state index in [0.717, 1.165) is 15.4 Å². The summed E-state index contributed by atoms with van der Waals surface area (Å²) in [6.07, 6.45) is 0. The molecule has 0 bridgehead atoms.